The summed E-state index contributed by atoms with van der Waals surface area (Å²) in [6, 6.07) is 11.8. The van der Waals surface area contributed by atoms with Crippen molar-refractivity contribution in [2.75, 3.05) is 39.3 Å². The maximum Gasteiger partial charge on any atom is 0.0705 e. The number of hydrogen-bond acceptors (Lipinski definition) is 4. The van der Waals surface area contributed by atoms with E-state index >= 15 is 0 Å². The van der Waals surface area contributed by atoms with Gasteiger partial charge in [-0.2, -0.15) is 0 Å². The maximum atomic E-state index is 4.60. The van der Waals surface area contributed by atoms with Gasteiger partial charge in [0.05, 0.1) is 5.52 Å². The van der Waals surface area contributed by atoms with Gasteiger partial charge < -0.3 is 5.32 Å². The lowest BCUT2D eigenvalue weighted by molar-refractivity contribution is 0.170. The monoisotopic (exact) mass is 346 g/mol. The predicted octanol–water partition coefficient (Wildman–Crippen LogP) is 2.44. The van der Waals surface area contributed by atoms with Crippen molar-refractivity contribution in [3.05, 3.63) is 41.6 Å². The highest BCUT2D eigenvalue weighted by Crippen LogP contribution is 2.21. The summed E-state index contributed by atoms with van der Waals surface area (Å²) in [5.74, 6) is 0. The standard InChI is InChI=1S/C19H26N4.ClH/c1-15-2-4-17-12-16(3-5-19(17)21-15)13-22-9-6-18(14-22)23-10-7-20-8-11-23;/h2-5,12,18,20H,6-11,13-14H2,1H3;1H. The van der Waals surface area contributed by atoms with E-state index in [0.29, 0.717) is 0 Å². The number of rotatable bonds is 3. The van der Waals surface area contributed by atoms with Gasteiger partial charge in [-0.3, -0.25) is 14.8 Å². The topological polar surface area (TPSA) is 31.4 Å². The molecule has 0 bridgehead atoms. The van der Waals surface area contributed by atoms with Crippen LogP contribution in [0.4, 0.5) is 0 Å². The first-order valence-corrected chi connectivity index (χ1v) is 8.81. The fourth-order valence-electron chi connectivity index (χ4n) is 3.93. The molecule has 0 radical (unpaired) electrons. The molecule has 1 aromatic heterocycles. The summed E-state index contributed by atoms with van der Waals surface area (Å²) >= 11 is 0. The van der Waals surface area contributed by atoms with Crippen LogP contribution in [0.15, 0.2) is 30.3 Å². The van der Waals surface area contributed by atoms with Gasteiger partial charge in [0.15, 0.2) is 0 Å². The van der Waals surface area contributed by atoms with Crippen LogP contribution in [0.25, 0.3) is 10.9 Å². The van der Waals surface area contributed by atoms with E-state index in [2.05, 4.69) is 50.4 Å². The summed E-state index contributed by atoms with van der Waals surface area (Å²) in [5, 5.41) is 4.70. The Morgan fingerprint density at radius 1 is 1.12 bits per heavy atom. The number of aromatic nitrogens is 1. The molecule has 1 atom stereocenters. The van der Waals surface area contributed by atoms with Crippen LogP contribution in [0.2, 0.25) is 0 Å². The Hall–Kier alpha value is -1.20. The highest BCUT2D eigenvalue weighted by Gasteiger charge is 2.28. The van der Waals surface area contributed by atoms with Crippen LogP contribution >= 0.6 is 12.4 Å². The fraction of sp³-hybridized carbons (Fsp3) is 0.526. The van der Waals surface area contributed by atoms with Crippen LogP contribution in [-0.2, 0) is 6.54 Å². The second kappa shape index (κ2) is 7.79. The molecule has 1 unspecified atom stereocenters. The molecule has 0 spiro atoms. The van der Waals surface area contributed by atoms with E-state index in [4.69, 9.17) is 0 Å². The van der Waals surface area contributed by atoms with Crippen molar-refractivity contribution in [3.63, 3.8) is 0 Å². The zero-order valence-electron chi connectivity index (χ0n) is 14.4. The average Bonchev–Trinajstić information content (AvgIpc) is 3.04. The van der Waals surface area contributed by atoms with E-state index in [1.165, 1.54) is 43.5 Å². The third kappa shape index (κ3) is 3.89. The molecule has 2 fully saturated rings. The number of aryl methyl sites for hydroxylation is 1. The number of likely N-dealkylation sites (tertiary alicyclic amines) is 1. The summed E-state index contributed by atoms with van der Waals surface area (Å²) < 4.78 is 0. The number of halogens is 1. The molecule has 2 saturated heterocycles. The minimum atomic E-state index is 0. The highest BCUT2D eigenvalue weighted by atomic mass is 35.5. The van der Waals surface area contributed by atoms with Crippen molar-refractivity contribution < 1.29 is 0 Å². The van der Waals surface area contributed by atoms with Crippen molar-refractivity contribution in [2.45, 2.75) is 25.9 Å². The molecule has 2 aliphatic rings. The number of pyridine rings is 1. The van der Waals surface area contributed by atoms with Crippen LogP contribution < -0.4 is 5.32 Å². The summed E-state index contributed by atoms with van der Waals surface area (Å²) in [7, 11) is 0. The normalized spacial score (nSPS) is 22.6. The van der Waals surface area contributed by atoms with E-state index in [1.807, 2.05) is 6.92 Å². The van der Waals surface area contributed by atoms with E-state index in [-0.39, 0.29) is 12.4 Å². The van der Waals surface area contributed by atoms with Crippen molar-refractivity contribution in [1.82, 2.24) is 20.1 Å². The van der Waals surface area contributed by atoms with E-state index in [9.17, 15) is 0 Å². The number of nitrogens with one attached hydrogen (secondary N) is 1. The second-order valence-corrected chi connectivity index (χ2v) is 6.94. The lowest BCUT2D eigenvalue weighted by Crippen LogP contribution is -2.49. The average molecular weight is 347 g/mol. The Kier molecular flexibility index (Phi) is 5.72. The molecule has 4 rings (SSSR count). The van der Waals surface area contributed by atoms with Gasteiger partial charge in [0.25, 0.3) is 0 Å². The first-order chi connectivity index (χ1) is 11.3. The molecular weight excluding hydrogens is 320 g/mol. The maximum absolute atomic E-state index is 4.60. The van der Waals surface area contributed by atoms with Gasteiger partial charge in [-0.15, -0.1) is 12.4 Å². The first-order valence-electron chi connectivity index (χ1n) is 8.81. The molecule has 1 N–H and O–H groups in total. The fourth-order valence-corrected chi connectivity index (χ4v) is 3.93. The summed E-state index contributed by atoms with van der Waals surface area (Å²) in [4.78, 5) is 9.87. The Labute approximate surface area is 150 Å². The third-order valence-corrected chi connectivity index (χ3v) is 5.21. The van der Waals surface area contributed by atoms with E-state index < -0.39 is 0 Å². The minimum absolute atomic E-state index is 0. The first kappa shape index (κ1) is 17.6. The molecule has 5 heteroatoms. The second-order valence-electron chi connectivity index (χ2n) is 6.94. The van der Waals surface area contributed by atoms with Crippen LogP contribution in [0, 0.1) is 6.92 Å². The lowest BCUT2D eigenvalue weighted by Gasteiger charge is -2.32. The van der Waals surface area contributed by atoms with Gasteiger partial charge in [-0.1, -0.05) is 12.1 Å². The summed E-state index contributed by atoms with van der Waals surface area (Å²) in [6.07, 6.45) is 1.31. The zero-order chi connectivity index (χ0) is 15.6. The largest absolute Gasteiger partial charge is 0.314 e. The predicted molar refractivity (Wildman–Crippen MR) is 102 cm³/mol. The van der Waals surface area contributed by atoms with Crippen LogP contribution in [0.3, 0.4) is 0 Å². The third-order valence-electron chi connectivity index (χ3n) is 5.21. The molecule has 0 amide bonds. The van der Waals surface area contributed by atoms with Crippen LogP contribution in [0.1, 0.15) is 17.7 Å². The molecule has 0 aliphatic carbocycles. The number of nitrogens with zero attached hydrogens (tertiary/aromatic N) is 3. The zero-order valence-corrected chi connectivity index (χ0v) is 15.2. The van der Waals surface area contributed by atoms with Crippen LogP contribution in [-0.4, -0.2) is 60.1 Å². The number of benzene rings is 1. The molecule has 3 heterocycles. The molecular formula is C19H27ClN4. The van der Waals surface area contributed by atoms with E-state index in [1.54, 1.807) is 0 Å². The number of fused-ring (bicyclic) bond motifs is 1. The number of piperazine rings is 1. The Bertz CT molecular complexity index is 684. The van der Waals surface area contributed by atoms with Crippen molar-refractivity contribution in [2.24, 2.45) is 0 Å². The van der Waals surface area contributed by atoms with Crippen molar-refractivity contribution in [1.29, 1.82) is 0 Å². The lowest BCUT2D eigenvalue weighted by atomic mass is 10.1. The Balaban J connectivity index is 0.00000169. The number of hydrogen-bond donors (Lipinski definition) is 1. The quantitative estimate of drug-likeness (QED) is 0.925. The molecule has 24 heavy (non-hydrogen) atoms. The van der Waals surface area contributed by atoms with Crippen LogP contribution in [0.5, 0.6) is 0 Å². The highest BCUT2D eigenvalue weighted by molar-refractivity contribution is 5.85. The smallest absolute Gasteiger partial charge is 0.0705 e. The molecule has 2 aliphatic heterocycles. The van der Waals surface area contributed by atoms with E-state index in [0.717, 1.165) is 36.9 Å². The summed E-state index contributed by atoms with van der Waals surface area (Å²) in [5.41, 5.74) is 3.60. The minimum Gasteiger partial charge on any atom is -0.314 e. The van der Waals surface area contributed by atoms with Gasteiger partial charge >= 0.3 is 0 Å². The van der Waals surface area contributed by atoms with Crippen molar-refractivity contribution in [3.8, 4) is 0 Å². The molecule has 130 valence electrons. The molecule has 1 aromatic carbocycles. The van der Waals surface area contributed by atoms with Gasteiger partial charge in [0.1, 0.15) is 0 Å². The molecule has 2 aromatic rings. The van der Waals surface area contributed by atoms with Gasteiger partial charge in [0, 0.05) is 62.9 Å². The van der Waals surface area contributed by atoms with Gasteiger partial charge in [-0.25, -0.2) is 0 Å². The molecule has 4 nitrogen and oxygen atoms in total. The summed E-state index contributed by atoms with van der Waals surface area (Å²) in [6.45, 7) is 10.3. The Morgan fingerprint density at radius 3 is 2.79 bits per heavy atom. The Morgan fingerprint density at radius 2 is 1.96 bits per heavy atom. The van der Waals surface area contributed by atoms with Crippen molar-refractivity contribution >= 4 is 23.3 Å². The molecule has 0 saturated carbocycles. The van der Waals surface area contributed by atoms with Gasteiger partial charge in [0.2, 0.25) is 0 Å². The SMILES string of the molecule is Cc1ccc2cc(CN3CCC(N4CCNCC4)C3)ccc2n1.Cl. The van der Waals surface area contributed by atoms with Gasteiger partial charge in [-0.05, 0) is 37.1 Å².